The van der Waals surface area contributed by atoms with E-state index in [0.717, 1.165) is 0 Å². The number of carbonyl (C=O) groups excluding carboxylic acids is 1. The lowest BCUT2D eigenvalue weighted by atomic mass is 10.1. The first-order chi connectivity index (χ1) is 9.42. The molecule has 2 atom stereocenters. The first-order valence-corrected chi connectivity index (χ1v) is 6.36. The van der Waals surface area contributed by atoms with Gasteiger partial charge in [0, 0.05) is 6.04 Å². The van der Waals surface area contributed by atoms with Crippen molar-refractivity contribution in [1.82, 2.24) is 5.32 Å². The minimum atomic E-state index is -0.968. The first-order valence-electron chi connectivity index (χ1n) is 6.36. The van der Waals surface area contributed by atoms with Crippen LogP contribution < -0.4 is 10.1 Å². The van der Waals surface area contributed by atoms with Crippen LogP contribution in [0.2, 0.25) is 0 Å². The second kappa shape index (κ2) is 7.47. The monoisotopic (exact) mass is 283 g/mol. The van der Waals surface area contributed by atoms with Crippen LogP contribution in [0, 0.1) is 5.82 Å². The molecule has 0 saturated carbocycles. The van der Waals surface area contributed by atoms with E-state index in [1.807, 2.05) is 0 Å². The van der Waals surface area contributed by atoms with Crippen molar-refractivity contribution in [2.75, 3.05) is 0 Å². The number of hydrogen-bond donors (Lipinski definition) is 2. The van der Waals surface area contributed by atoms with E-state index < -0.39 is 24.0 Å². The number of halogens is 1. The van der Waals surface area contributed by atoms with Crippen molar-refractivity contribution in [3.63, 3.8) is 0 Å². The summed E-state index contributed by atoms with van der Waals surface area (Å²) in [7, 11) is 0. The van der Waals surface area contributed by atoms with E-state index in [1.165, 1.54) is 24.3 Å². The highest BCUT2D eigenvalue weighted by atomic mass is 19.1. The highest BCUT2D eigenvalue weighted by molar-refractivity contribution is 5.81. The Labute approximate surface area is 116 Å². The summed E-state index contributed by atoms with van der Waals surface area (Å²) < 4.78 is 18.1. The Bertz CT molecular complexity index is 461. The van der Waals surface area contributed by atoms with E-state index in [0.29, 0.717) is 12.2 Å². The number of amides is 1. The fourth-order valence-corrected chi connectivity index (χ4v) is 1.60. The Morgan fingerprint density at radius 1 is 1.35 bits per heavy atom. The van der Waals surface area contributed by atoms with E-state index in [9.17, 15) is 14.0 Å². The number of benzene rings is 1. The fourth-order valence-electron chi connectivity index (χ4n) is 1.60. The van der Waals surface area contributed by atoms with Gasteiger partial charge in [-0.3, -0.25) is 9.59 Å². The molecule has 0 aliphatic rings. The van der Waals surface area contributed by atoms with E-state index >= 15 is 0 Å². The Balaban J connectivity index is 2.53. The fraction of sp³-hybridized carbons (Fsp3) is 0.429. The lowest BCUT2D eigenvalue weighted by molar-refractivity contribution is -0.138. The van der Waals surface area contributed by atoms with Crippen molar-refractivity contribution in [1.29, 1.82) is 0 Å². The SMILES string of the molecule is CCC(CC(=O)O)NC(=O)C(C)Oc1ccc(F)cc1. The van der Waals surface area contributed by atoms with Crippen LogP contribution in [0.15, 0.2) is 24.3 Å². The number of hydrogen-bond acceptors (Lipinski definition) is 3. The molecule has 0 aliphatic heterocycles. The van der Waals surface area contributed by atoms with Gasteiger partial charge in [-0.1, -0.05) is 6.92 Å². The molecule has 0 saturated heterocycles. The van der Waals surface area contributed by atoms with Gasteiger partial charge >= 0.3 is 5.97 Å². The van der Waals surface area contributed by atoms with Crippen LogP contribution in [0.1, 0.15) is 26.7 Å². The Morgan fingerprint density at radius 3 is 2.45 bits per heavy atom. The summed E-state index contributed by atoms with van der Waals surface area (Å²) in [5.74, 6) is -1.38. The van der Waals surface area contributed by atoms with Gasteiger partial charge in [0.1, 0.15) is 11.6 Å². The third-order valence-corrected chi connectivity index (χ3v) is 2.76. The Hall–Kier alpha value is -2.11. The zero-order valence-electron chi connectivity index (χ0n) is 11.4. The maximum Gasteiger partial charge on any atom is 0.305 e. The van der Waals surface area contributed by atoms with Crippen molar-refractivity contribution in [3.05, 3.63) is 30.1 Å². The average molecular weight is 283 g/mol. The lowest BCUT2D eigenvalue weighted by Gasteiger charge is -2.19. The largest absolute Gasteiger partial charge is 0.481 e. The molecule has 6 heteroatoms. The van der Waals surface area contributed by atoms with Gasteiger partial charge < -0.3 is 15.2 Å². The minimum absolute atomic E-state index is 0.133. The smallest absolute Gasteiger partial charge is 0.305 e. The number of carboxylic acid groups (broad SMARTS) is 1. The van der Waals surface area contributed by atoms with Crippen LogP contribution in [0.5, 0.6) is 5.75 Å². The Kier molecular flexibility index (Phi) is 5.96. The van der Waals surface area contributed by atoms with Gasteiger partial charge in [-0.15, -0.1) is 0 Å². The Morgan fingerprint density at radius 2 is 1.95 bits per heavy atom. The molecule has 0 bridgehead atoms. The number of aliphatic carboxylic acids is 1. The van der Waals surface area contributed by atoms with Crippen LogP contribution in [-0.4, -0.2) is 29.1 Å². The van der Waals surface area contributed by atoms with Crippen molar-refractivity contribution >= 4 is 11.9 Å². The maximum absolute atomic E-state index is 12.7. The summed E-state index contributed by atoms with van der Waals surface area (Å²) in [6, 6.07) is 4.89. The number of nitrogens with one attached hydrogen (secondary N) is 1. The maximum atomic E-state index is 12.7. The zero-order chi connectivity index (χ0) is 15.1. The lowest BCUT2D eigenvalue weighted by Crippen LogP contribution is -2.43. The number of carboxylic acids is 1. The molecule has 2 unspecified atom stereocenters. The second-order valence-corrected chi connectivity index (χ2v) is 4.43. The third-order valence-electron chi connectivity index (χ3n) is 2.76. The average Bonchev–Trinajstić information content (AvgIpc) is 2.39. The van der Waals surface area contributed by atoms with Gasteiger partial charge in [0.15, 0.2) is 6.10 Å². The summed E-state index contributed by atoms with van der Waals surface area (Å²) in [6.45, 7) is 3.34. The molecule has 20 heavy (non-hydrogen) atoms. The predicted molar refractivity (Wildman–Crippen MR) is 71.0 cm³/mol. The number of rotatable bonds is 7. The molecule has 0 aromatic heterocycles. The third kappa shape index (κ3) is 5.26. The van der Waals surface area contributed by atoms with E-state index in [2.05, 4.69) is 5.32 Å². The molecule has 1 aromatic carbocycles. The van der Waals surface area contributed by atoms with Crippen LogP contribution in [0.3, 0.4) is 0 Å². The predicted octanol–water partition coefficient (Wildman–Crippen LogP) is 1.96. The van der Waals surface area contributed by atoms with Crippen molar-refractivity contribution in [2.45, 2.75) is 38.8 Å². The van der Waals surface area contributed by atoms with Crippen molar-refractivity contribution in [3.8, 4) is 5.75 Å². The van der Waals surface area contributed by atoms with E-state index in [-0.39, 0.29) is 12.2 Å². The molecular formula is C14H18FNO4. The molecule has 2 N–H and O–H groups in total. The van der Waals surface area contributed by atoms with Gasteiger partial charge in [0.25, 0.3) is 5.91 Å². The molecule has 0 aliphatic carbocycles. The van der Waals surface area contributed by atoms with Gasteiger partial charge in [-0.25, -0.2) is 4.39 Å². The number of ether oxygens (including phenoxy) is 1. The number of carbonyl (C=O) groups is 2. The minimum Gasteiger partial charge on any atom is -0.481 e. The van der Waals surface area contributed by atoms with Gasteiger partial charge in [0.05, 0.1) is 6.42 Å². The molecule has 0 spiro atoms. The van der Waals surface area contributed by atoms with Crippen molar-refractivity contribution in [2.24, 2.45) is 0 Å². The summed E-state index contributed by atoms with van der Waals surface area (Å²) in [5, 5.41) is 11.3. The van der Waals surface area contributed by atoms with Gasteiger partial charge in [0.2, 0.25) is 0 Å². The van der Waals surface area contributed by atoms with Gasteiger partial charge in [-0.2, -0.15) is 0 Å². The highest BCUT2D eigenvalue weighted by Crippen LogP contribution is 2.13. The van der Waals surface area contributed by atoms with Crippen LogP contribution in [-0.2, 0) is 9.59 Å². The summed E-state index contributed by atoms with van der Waals surface area (Å²) >= 11 is 0. The molecule has 110 valence electrons. The quantitative estimate of drug-likeness (QED) is 0.802. The standard InChI is InChI=1S/C14H18FNO4/c1-3-11(8-13(17)18)16-14(19)9(2)20-12-6-4-10(15)5-7-12/h4-7,9,11H,3,8H2,1-2H3,(H,16,19)(H,17,18). The van der Waals surface area contributed by atoms with E-state index in [1.54, 1.807) is 13.8 Å². The van der Waals surface area contributed by atoms with Crippen LogP contribution >= 0.6 is 0 Å². The highest BCUT2D eigenvalue weighted by Gasteiger charge is 2.19. The van der Waals surface area contributed by atoms with Crippen LogP contribution in [0.4, 0.5) is 4.39 Å². The first kappa shape index (κ1) is 15.9. The topological polar surface area (TPSA) is 75.6 Å². The van der Waals surface area contributed by atoms with Crippen LogP contribution in [0.25, 0.3) is 0 Å². The molecule has 1 aromatic rings. The second-order valence-electron chi connectivity index (χ2n) is 4.43. The molecule has 0 heterocycles. The normalized spacial score (nSPS) is 13.3. The summed E-state index contributed by atoms with van der Waals surface area (Å²) in [4.78, 5) is 22.5. The molecule has 5 nitrogen and oxygen atoms in total. The molecule has 1 rings (SSSR count). The summed E-state index contributed by atoms with van der Waals surface area (Å²) in [5.41, 5.74) is 0. The molecule has 1 amide bonds. The molecular weight excluding hydrogens is 265 g/mol. The molecule has 0 fully saturated rings. The van der Waals surface area contributed by atoms with Gasteiger partial charge in [-0.05, 0) is 37.6 Å². The summed E-state index contributed by atoms with van der Waals surface area (Å²) in [6.07, 6.45) is -0.407. The van der Waals surface area contributed by atoms with E-state index in [4.69, 9.17) is 9.84 Å². The van der Waals surface area contributed by atoms with Crippen molar-refractivity contribution < 1.29 is 23.8 Å². The molecule has 0 radical (unpaired) electrons. The zero-order valence-corrected chi connectivity index (χ0v) is 11.4.